The molecular formula is C17H19FN2O. The van der Waals surface area contributed by atoms with Crippen molar-refractivity contribution >= 4 is 11.6 Å². The van der Waals surface area contributed by atoms with E-state index in [-0.39, 0.29) is 17.8 Å². The summed E-state index contributed by atoms with van der Waals surface area (Å²) in [5, 5.41) is 6.15. The third-order valence-electron chi connectivity index (χ3n) is 3.28. The Kier molecular flexibility index (Phi) is 5.06. The largest absolute Gasteiger partial charge is 0.326 e. The summed E-state index contributed by atoms with van der Waals surface area (Å²) in [6.45, 7) is 4.06. The van der Waals surface area contributed by atoms with E-state index in [1.807, 2.05) is 37.3 Å². The van der Waals surface area contributed by atoms with Crippen molar-refractivity contribution in [2.24, 2.45) is 0 Å². The van der Waals surface area contributed by atoms with Crippen LogP contribution in [0.1, 0.15) is 31.0 Å². The Hall–Kier alpha value is -2.20. The highest BCUT2D eigenvalue weighted by Crippen LogP contribution is 2.18. The number of anilines is 1. The number of rotatable bonds is 5. The van der Waals surface area contributed by atoms with Crippen LogP contribution in [0.3, 0.4) is 0 Å². The van der Waals surface area contributed by atoms with Gasteiger partial charge in [0, 0.05) is 25.2 Å². The number of para-hydroxylation sites is 1. The van der Waals surface area contributed by atoms with Crippen molar-refractivity contribution in [1.29, 1.82) is 0 Å². The second-order valence-electron chi connectivity index (χ2n) is 5.00. The van der Waals surface area contributed by atoms with Crippen LogP contribution in [-0.4, -0.2) is 5.91 Å². The molecule has 0 bridgehead atoms. The van der Waals surface area contributed by atoms with Gasteiger partial charge in [-0.2, -0.15) is 0 Å². The Morgan fingerprint density at radius 1 is 1.19 bits per heavy atom. The van der Waals surface area contributed by atoms with E-state index in [4.69, 9.17) is 0 Å². The third kappa shape index (κ3) is 4.39. The summed E-state index contributed by atoms with van der Waals surface area (Å²) in [5.41, 5.74) is 2.69. The van der Waals surface area contributed by atoms with Crippen LogP contribution in [0.2, 0.25) is 0 Å². The number of halogens is 1. The zero-order valence-electron chi connectivity index (χ0n) is 12.2. The summed E-state index contributed by atoms with van der Waals surface area (Å²) >= 11 is 0. The first-order chi connectivity index (χ1) is 10.1. The molecule has 0 radical (unpaired) electrons. The Bertz CT molecular complexity index is 628. The highest BCUT2D eigenvalue weighted by atomic mass is 19.1. The highest BCUT2D eigenvalue weighted by molar-refractivity contribution is 5.89. The van der Waals surface area contributed by atoms with E-state index < -0.39 is 0 Å². The summed E-state index contributed by atoms with van der Waals surface area (Å²) in [6.07, 6.45) is 0. The van der Waals surface area contributed by atoms with Gasteiger partial charge in [-0.15, -0.1) is 0 Å². The van der Waals surface area contributed by atoms with Crippen molar-refractivity contribution in [3.8, 4) is 0 Å². The highest BCUT2D eigenvalue weighted by Gasteiger charge is 2.08. The lowest BCUT2D eigenvalue weighted by molar-refractivity contribution is -0.114. The van der Waals surface area contributed by atoms with Crippen LogP contribution < -0.4 is 10.6 Å². The van der Waals surface area contributed by atoms with Crippen LogP contribution >= 0.6 is 0 Å². The van der Waals surface area contributed by atoms with Gasteiger partial charge in [-0.1, -0.05) is 30.3 Å². The topological polar surface area (TPSA) is 41.1 Å². The van der Waals surface area contributed by atoms with Gasteiger partial charge in [-0.05, 0) is 36.2 Å². The van der Waals surface area contributed by atoms with Gasteiger partial charge in [0.25, 0.3) is 0 Å². The normalized spacial score (nSPS) is 12.0. The molecule has 0 aromatic heterocycles. The average Bonchev–Trinajstić information content (AvgIpc) is 2.45. The Labute approximate surface area is 124 Å². The molecule has 0 spiro atoms. The SMILES string of the molecule is CC(=O)Nc1ccccc1CNC(C)c1cccc(F)c1. The molecule has 1 unspecified atom stereocenters. The van der Waals surface area contributed by atoms with Gasteiger partial charge in [0.1, 0.15) is 5.82 Å². The zero-order chi connectivity index (χ0) is 15.2. The number of hydrogen-bond donors (Lipinski definition) is 2. The lowest BCUT2D eigenvalue weighted by Crippen LogP contribution is -2.19. The van der Waals surface area contributed by atoms with Gasteiger partial charge in [-0.3, -0.25) is 4.79 Å². The predicted octanol–water partition coefficient (Wildman–Crippen LogP) is 3.63. The van der Waals surface area contributed by atoms with E-state index in [0.29, 0.717) is 6.54 Å². The summed E-state index contributed by atoms with van der Waals surface area (Å²) in [7, 11) is 0. The van der Waals surface area contributed by atoms with E-state index in [1.54, 1.807) is 6.07 Å². The van der Waals surface area contributed by atoms with Crippen LogP contribution in [0.4, 0.5) is 10.1 Å². The number of carbonyl (C=O) groups excluding carboxylic acids is 1. The van der Waals surface area contributed by atoms with Gasteiger partial charge >= 0.3 is 0 Å². The molecule has 3 nitrogen and oxygen atoms in total. The van der Waals surface area contributed by atoms with E-state index in [2.05, 4.69) is 10.6 Å². The van der Waals surface area contributed by atoms with E-state index in [0.717, 1.165) is 16.8 Å². The summed E-state index contributed by atoms with van der Waals surface area (Å²) < 4.78 is 13.2. The predicted molar refractivity (Wildman–Crippen MR) is 82.4 cm³/mol. The Morgan fingerprint density at radius 2 is 1.95 bits per heavy atom. The quantitative estimate of drug-likeness (QED) is 0.881. The first-order valence-corrected chi connectivity index (χ1v) is 6.90. The van der Waals surface area contributed by atoms with Crippen molar-refractivity contribution < 1.29 is 9.18 Å². The van der Waals surface area contributed by atoms with Crippen LogP contribution in [0.5, 0.6) is 0 Å². The minimum atomic E-state index is -0.236. The molecule has 0 saturated carbocycles. The second kappa shape index (κ2) is 6.99. The Morgan fingerprint density at radius 3 is 2.67 bits per heavy atom. The maximum atomic E-state index is 13.2. The molecule has 2 rings (SSSR count). The molecule has 0 aliphatic heterocycles. The molecule has 2 N–H and O–H groups in total. The number of hydrogen-bond acceptors (Lipinski definition) is 2. The lowest BCUT2D eigenvalue weighted by Gasteiger charge is -2.16. The molecule has 110 valence electrons. The first-order valence-electron chi connectivity index (χ1n) is 6.90. The smallest absolute Gasteiger partial charge is 0.221 e. The van der Waals surface area contributed by atoms with Crippen LogP contribution in [0, 0.1) is 5.82 Å². The lowest BCUT2D eigenvalue weighted by atomic mass is 10.1. The Balaban J connectivity index is 2.04. The van der Waals surface area contributed by atoms with Crippen LogP contribution in [-0.2, 0) is 11.3 Å². The molecule has 1 atom stereocenters. The summed E-state index contributed by atoms with van der Waals surface area (Å²) in [4.78, 5) is 11.2. The second-order valence-corrected chi connectivity index (χ2v) is 5.00. The minimum absolute atomic E-state index is 0.0195. The van der Waals surface area contributed by atoms with Crippen molar-refractivity contribution in [2.45, 2.75) is 26.4 Å². The fraction of sp³-hybridized carbons (Fsp3) is 0.235. The first kappa shape index (κ1) is 15.2. The third-order valence-corrected chi connectivity index (χ3v) is 3.28. The van der Waals surface area contributed by atoms with Gasteiger partial charge in [0.05, 0.1) is 0 Å². The van der Waals surface area contributed by atoms with Crippen molar-refractivity contribution in [3.05, 3.63) is 65.5 Å². The standard InChI is InChI=1S/C17H19FN2O/c1-12(14-7-5-8-16(18)10-14)19-11-15-6-3-4-9-17(15)20-13(2)21/h3-10,12,19H,11H2,1-2H3,(H,20,21). The molecule has 0 saturated heterocycles. The van der Waals surface area contributed by atoms with E-state index in [1.165, 1.54) is 19.1 Å². The van der Waals surface area contributed by atoms with Crippen molar-refractivity contribution in [1.82, 2.24) is 5.32 Å². The molecule has 0 aliphatic rings. The van der Waals surface area contributed by atoms with Crippen molar-refractivity contribution in [3.63, 3.8) is 0 Å². The summed E-state index contributed by atoms with van der Waals surface area (Å²) in [6, 6.07) is 14.2. The minimum Gasteiger partial charge on any atom is -0.326 e. The molecule has 2 aromatic carbocycles. The maximum absolute atomic E-state index is 13.2. The van der Waals surface area contributed by atoms with Crippen LogP contribution in [0.15, 0.2) is 48.5 Å². The number of nitrogens with one attached hydrogen (secondary N) is 2. The van der Waals surface area contributed by atoms with E-state index in [9.17, 15) is 9.18 Å². The fourth-order valence-corrected chi connectivity index (χ4v) is 2.14. The number of benzene rings is 2. The van der Waals surface area contributed by atoms with Crippen molar-refractivity contribution in [2.75, 3.05) is 5.32 Å². The monoisotopic (exact) mass is 286 g/mol. The molecule has 0 heterocycles. The average molecular weight is 286 g/mol. The van der Waals surface area contributed by atoms with E-state index >= 15 is 0 Å². The molecule has 4 heteroatoms. The number of amides is 1. The molecule has 0 fully saturated rings. The maximum Gasteiger partial charge on any atom is 0.221 e. The molecule has 0 aliphatic carbocycles. The summed E-state index contributed by atoms with van der Waals surface area (Å²) in [5.74, 6) is -0.333. The fourth-order valence-electron chi connectivity index (χ4n) is 2.14. The zero-order valence-corrected chi connectivity index (χ0v) is 12.2. The van der Waals surface area contributed by atoms with Gasteiger partial charge in [-0.25, -0.2) is 4.39 Å². The molecule has 1 amide bonds. The van der Waals surface area contributed by atoms with Crippen LogP contribution in [0.25, 0.3) is 0 Å². The van der Waals surface area contributed by atoms with Gasteiger partial charge in [0.15, 0.2) is 0 Å². The van der Waals surface area contributed by atoms with Gasteiger partial charge < -0.3 is 10.6 Å². The molecule has 21 heavy (non-hydrogen) atoms. The number of carbonyl (C=O) groups is 1. The van der Waals surface area contributed by atoms with Gasteiger partial charge in [0.2, 0.25) is 5.91 Å². The molecular weight excluding hydrogens is 267 g/mol. The molecule has 2 aromatic rings.